The summed E-state index contributed by atoms with van der Waals surface area (Å²) >= 11 is 0. The highest BCUT2D eigenvalue weighted by Crippen LogP contribution is 2.47. The van der Waals surface area contributed by atoms with Crippen LogP contribution in [0, 0.1) is 0 Å². The Morgan fingerprint density at radius 1 is 0.250 bits per heavy atom. The van der Waals surface area contributed by atoms with Gasteiger partial charge in [0.25, 0.3) is 0 Å². The minimum Gasteiger partial charge on any atom is -0.309 e. The van der Waals surface area contributed by atoms with Crippen molar-refractivity contribution in [1.82, 2.24) is 33.2 Å². The van der Waals surface area contributed by atoms with Crippen molar-refractivity contribution in [2.24, 2.45) is 0 Å². The van der Waals surface area contributed by atoms with Crippen LogP contribution in [-0.2, 0) is 6.18 Å². The van der Waals surface area contributed by atoms with Crippen molar-refractivity contribution in [1.29, 1.82) is 0 Å². The second kappa shape index (κ2) is 17.5. The van der Waals surface area contributed by atoms with Gasteiger partial charge >= 0.3 is 6.18 Å². The van der Waals surface area contributed by atoms with Crippen LogP contribution in [-0.4, -0.2) is 33.2 Å². The minimum absolute atomic E-state index is 0.0726. The topological polar surface area (TPSA) is 58.4 Å². The first kappa shape index (κ1) is 45.6. The predicted molar refractivity (Wildman–Crippen MR) is 318 cm³/mol. The first-order chi connectivity index (χ1) is 39.3. The zero-order chi connectivity index (χ0) is 53.2. The second-order valence-corrected chi connectivity index (χ2v) is 20.3. The number of hydrogen-bond donors (Lipinski definition) is 0. The van der Waals surface area contributed by atoms with Gasteiger partial charge in [-0.25, -0.2) is 15.0 Å². The number of fused-ring (bicyclic) bond motifs is 12. The summed E-state index contributed by atoms with van der Waals surface area (Å²) in [5.74, 6) is 1.00. The molecular weight excluding hydrogens is 996 g/mol. The molecule has 10 heteroatoms. The highest BCUT2D eigenvalue weighted by atomic mass is 19.4. The fourth-order valence-corrected chi connectivity index (χ4v) is 12.4. The summed E-state index contributed by atoms with van der Waals surface area (Å²) in [6, 6.07) is 83.3. The minimum atomic E-state index is -4.89. The van der Waals surface area contributed by atoms with E-state index in [0.717, 1.165) is 87.7 Å². The smallest absolute Gasteiger partial charge is 0.309 e. The number of nitrogens with zero attached hydrogens (tertiary/aromatic N) is 7. The molecule has 7 nitrogen and oxygen atoms in total. The van der Waals surface area contributed by atoms with Gasteiger partial charge in [0.1, 0.15) is 5.56 Å². The van der Waals surface area contributed by atoms with Gasteiger partial charge in [-0.1, -0.05) is 170 Å². The average Bonchev–Trinajstić information content (AvgIpc) is 4.37. The predicted octanol–water partition coefficient (Wildman–Crippen LogP) is 18.3. The van der Waals surface area contributed by atoms with Crippen LogP contribution >= 0.6 is 0 Å². The summed E-state index contributed by atoms with van der Waals surface area (Å²) in [7, 11) is 0. The largest absolute Gasteiger partial charge is 0.420 e. The van der Waals surface area contributed by atoms with Gasteiger partial charge in [0.15, 0.2) is 17.5 Å². The molecule has 0 bridgehead atoms. The van der Waals surface area contributed by atoms with Crippen molar-refractivity contribution in [3.05, 3.63) is 260 Å². The molecule has 0 aliphatic heterocycles. The Morgan fingerprint density at radius 2 is 0.525 bits per heavy atom. The lowest BCUT2D eigenvalue weighted by Crippen LogP contribution is -2.16. The lowest BCUT2D eigenvalue weighted by Gasteiger charge is -2.23. The highest BCUT2D eigenvalue weighted by molar-refractivity contribution is 6.14. The molecule has 16 rings (SSSR count). The fraction of sp³-hybridized carbons (Fsp3) is 0.0143. The Bertz CT molecular complexity index is 4760. The summed E-state index contributed by atoms with van der Waals surface area (Å²) in [5.41, 5.74) is 9.23. The zero-order valence-electron chi connectivity index (χ0n) is 42.5. The van der Waals surface area contributed by atoms with Gasteiger partial charge in [-0.05, 0) is 84.9 Å². The van der Waals surface area contributed by atoms with Crippen LogP contribution in [0.5, 0.6) is 0 Å². The fourth-order valence-electron chi connectivity index (χ4n) is 12.4. The molecule has 0 spiro atoms. The van der Waals surface area contributed by atoms with E-state index in [-0.39, 0.29) is 17.2 Å². The quantitative estimate of drug-likeness (QED) is 0.160. The van der Waals surface area contributed by atoms with Gasteiger partial charge in [-0.2, -0.15) is 13.2 Å². The number of alkyl halides is 3. The van der Waals surface area contributed by atoms with E-state index in [2.05, 4.69) is 69.8 Å². The number of rotatable bonds is 7. The maximum Gasteiger partial charge on any atom is 0.420 e. The van der Waals surface area contributed by atoms with Crippen molar-refractivity contribution < 1.29 is 13.2 Å². The molecule has 0 amide bonds. The molecule has 5 aromatic heterocycles. The van der Waals surface area contributed by atoms with E-state index in [0.29, 0.717) is 39.3 Å². The molecule has 378 valence electrons. The Morgan fingerprint density at radius 3 is 0.863 bits per heavy atom. The van der Waals surface area contributed by atoms with Crippen molar-refractivity contribution in [2.45, 2.75) is 6.18 Å². The van der Waals surface area contributed by atoms with Crippen LogP contribution in [0.3, 0.4) is 0 Å². The summed E-state index contributed by atoms with van der Waals surface area (Å²) in [5, 5.41) is 7.66. The van der Waals surface area contributed by atoms with Crippen LogP contribution in [0.1, 0.15) is 5.56 Å². The molecular formula is C70H42F3N7. The Kier molecular flexibility index (Phi) is 9.96. The van der Waals surface area contributed by atoms with Crippen molar-refractivity contribution in [2.75, 3.05) is 0 Å². The maximum atomic E-state index is 17.2. The van der Waals surface area contributed by atoms with Crippen molar-refractivity contribution >= 4 is 87.2 Å². The third-order valence-electron chi connectivity index (χ3n) is 15.8. The van der Waals surface area contributed by atoms with Crippen LogP contribution in [0.2, 0.25) is 0 Å². The second-order valence-electron chi connectivity index (χ2n) is 20.3. The third kappa shape index (κ3) is 6.91. The highest BCUT2D eigenvalue weighted by Gasteiger charge is 2.40. The number of benzene rings is 11. The molecule has 0 aliphatic carbocycles. The van der Waals surface area contributed by atoms with E-state index in [1.807, 2.05) is 182 Å². The first-order valence-corrected chi connectivity index (χ1v) is 26.5. The number of hydrogen-bond acceptors (Lipinski definition) is 3. The Hall–Kier alpha value is -10.6. The molecule has 0 fully saturated rings. The van der Waals surface area contributed by atoms with Crippen molar-refractivity contribution in [3.63, 3.8) is 0 Å². The van der Waals surface area contributed by atoms with E-state index in [1.165, 1.54) is 0 Å². The molecule has 11 aromatic carbocycles. The van der Waals surface area contributed by atoms with Gasteiger partial charge in [0, 0.05) is 71.2 Å². The van der Waals surface area contributed by atoms with E-state index in [9.17, 15) is 0 Å². The van der Waals surface area contributed by atoms with Gasteiger partial charge in [0.2, 0.25) is 0 Å². The number of halogens is 3. The molecule has 80 heavy (non-hydrogen) atoms. The lowest BCUT2D eigenvalue weighted by molar-refractivity contribution is -0.137. The normalized spacial score (nSPS) is 12.2. The van der Waals surface area contributed by atoms with Gasteiger partial charge in [0.05, 0.1) is 55.5 Å². The first-order valence-electron chi connectivity index (χ1n) is 26.5. The van der Waals surface area contributed by atoms with E-state index < -0.39 is 11.7 Å². The maximum absolute atomic E-state index is 17.2. The third-order valence-corrected chi connectivity index (χ3v) is 15.8. The lowest BCUT2D eigenvalue weighted by atomic mass is 10.0. The standard InChI is InChI=1S/C70H42F3N7/c71-70(72,73)66-64(79-60-33-17-11-27-52(60)54-41-46(35-37-62(54)79)77-56-29-13-7-23-48(56)49-24-8-14-30-57(49)77)39-45(69-75-67(43-19-3-1-4-20-43)74-68(76-69)44-21-5-2-6-22-44)40-65(66)80-61-34-18-12-28-53(61)55-42-47(36-38-63(55)80)78-58-31-15-9-25-50(58)51-26-10-16-32-59(51)78/h1-42H. The Labute approximate surface area is 454 Å². The molecule has 0 radical (unpaired) electrons. The van der Waals surface area contributed by atoms with Crippen LogP contribution < -0.4 is 0 Å². The summed E-state index contributed by atoms with van der Waals surface area (Å²) < 4.78 is 59.7. The average molecular weight is 1040 g/mol. The summed E-state index contributed by atoms with van der Waals surface area (Å²) in [6.45, 7) is 0. The molecule has 5 heterocycles. The monoisotopic (exact) mass is 1040 g/mol. The molecule has 0 atom stereocenters. The summed E-state index contributed by atoms with van der Waals surface area (Å²) in [4.78, 5) is 15.3. The van der Waals surface area contributed by atoms with E-state index in [4.69, 9.17) is 15.0 Å². The van der Waals surface area contributed by atoms with Gasteiger partial charge < -0.3 is 18.3 Å². The number of aromatic nitrogens is 7. The molecule has 0 unspecified atom stereocenters. The van der Waals surface area contributed by atoms with E-state index in [1.54, 1.807) is 21.3 Å². The van der Waals surface area contributed by atoms with Crippen LogP contribution in [0.4, 0.5) is 13.2 Å². The number of para-hydroxylation sites is 6. The Balaban J connectivity index is 1.01. The molecule has 0 aliphatic rings. The molecule has 0 saturated heterocycles. The summed E-state index contributed by atoms with van der Waals surface area (Å²) in [6.07, 6.45) is -4.89. The SMILES string of the molecule is FC(F)(F)c1c(-n2c3ccccc3c3cc(-n4c5ccccc5c5ccccc54)ccc32)cc(-c2nc(-c3ccccc3)nc(-c3ccccc3)n2)cc1-n1c2ccccc2c2cc(-n3c4ccccc4c4ccccc43)ccc21. The van der Waals surface area contributed by atoms with E-state index >= 15 is 13.2 Å². The van der Waals surface area contributed by atoms with Crippen molar-refractivity contribution in [3.8, 4) is 56.9 Å². The molecule has 16 aromatic rings. The van der Waals surface area contributed by atoms with Gasteiger partial charge in [-0.3, -0.25) is 0 Å². The van der Waals surface area contributed by atoms with Crippen LogP contribution in [0.25, 0.3) is 144 Å². The molecule has 0 N–H and O–H groups in total. The van der Waals surface area contributed by atoms with Gasteiger partial charge in [-0.15, -0.1) is 0 Å². The van der Waals surface area contributed by atoms with Crippen LogP contribution in [0.15, 0.2) is 255 Å². The molecule has 0 saturated carbocycles. The zero-order valence-corrected chi connectivity index (χ0v) is 42.5.